The molecule has 0 aromatic heterocycles. The molecule has 4 N–H and O–H groups in total. The molecule has 1 aliphatic carbocycles. The van der Waals surface area contributed by atoms with E-state index in [9.17, 15) is 9.59 Å². The van der Waals surface area contributed by atoms with E-state index in [0.717, 1.165) is 12.0 Å². The summed E-state index contributed by atoms with van der Waals surface area (Å²) >= 11 is 0. The fourth-order valence-corrected chi connectivity index (χ4v) is 3.43. The van der Waals surface area contributed by atoms with Gasteiger partial charge in [-0.1, -0.05) is 63.8 Å². The summed E-state index contributed by atoms with van der Waals surface area (Å²) in [5.41, 5.74) is 8.41. The molecule has 1 unspecified atom stereocenters. The highest BCUT2D eigenvalue weighted by Crippen LogP contribution is 2.28. The second-order valence-electron chi connectivity index (χ2n) is 7.70. The van der Waals surface area contributed by atoms with Crippen LogP contribution in [0.15, 0.2) is 24.3 Å². The van der Waals surface area contributed by atoms with E-state index in [-0.39, 0.29) is 24.4 Å². The van der Waals surface area contributed by atoms with E-state index in [1.54, 1.807) is 0 Å². The van der Waals surface area contributed by atoms with Crippen LogP contribution in [-0.2, 0) is 9.59 Å². The molecule has 1 aromatic rings. The van der Waals surface area contributed by atoms with Crippen LogP contribution in [0.5, 0.6) is 0 Å². The van der Waals surface area contributed by atoms with Gasteiger partial charge in [0.05, 0.1) is 6.54 Å². The van der Waals surface area contributed by atoms with Crippen LogP contribution in [0.4, 0.5) is 0 Å². The highest BCUT2D eigenvalue weighted by atomic mass is 16.2. The van der Waals surface area contributed by atoms with Crippen molar-refractivity contribution in [1.82, 2.24) is 10.6 Å². The summed E-state index contributed by atoms with van der Waals surface area (Å²) in [5, 5.41) is 5.49. The largest absolute Gasteiger partial charge is 0.353 e. The Hall–Kier alpha value is -1.88. The minimum Gasteiger partial charge on any atom is -0.353 e. The van der Waals surface area contributed by atoms with Gasteiger partial charge in [-0.2, -0.15) is 0 Å². The molecular weight excluding hydrogens is 326 g/mol. The average Bonchev–Trinajstić information content (AvgIpc) is 3.16. The van der Waals surface area contributed by atoms with E-state index in [1.807, 2.05) is 12.1 Å². The normalized spacial score (nSPS) is 15.8. The maximum atomic E-state index is 11.9. The SMILES string of the molecule is CC(C)c1ccc(C(N)CNC(=O)CNC(=O)CCC2CCCC2)cc1. The molecule has 5 nitrogen and oxygen atoms in total. The predicted octanol–water partition coefficient (Wildman–Crippen LogP) is 3.01. The fourth-order valence-electron chi connectivity index (χ4n) is 3.43. The zero-order chi connectivity index (χ0) is 18.9. The number of benzene rings is 1. The Morgan fingerprint density at radius 2 is 1.65 bits per heavy atom. The van der Waals surface area contributed by atoms with E-state index in [0.29, 0.717) is 24.8 Å². The van der Waals surface area contributed by atoms with Crippen molar-refractivity contribution >= 4 is 11.8 Å². The number of rotatable bonds is 9. The summed E-state index contributed by atoms with van der Waals surface area (Å²) < 4.78 is 0. The lowest BCUT2D eigenvalue weighted by atomic mass is 9.99. The van der Waals surface area contributed by atoms with Gasteiger partial charge in [0, 0.05) is 19.0 Å². The first-order valence-electron chi connectivity index (χ1n) is 9.84. The summed E-state index contributed by atoms with van der Waals surface area (Å²) in [7, 11) is 0. The molecule has 1 fully saturated rings. The molecule has 2 amide bonds. The number of nitrogens with one attached hydrogen (secondary N) is 2. The van der Waals surface area contributed by atoms with Crippen molar-refractivity contribution in [2.75, 3.05) is 13.1 Å². The molecule has 144 valence electrons. The first-order chi connectivity index (χ1) is 12.5. The van der Waals surface area contributed by atoms with Crippen LogP contribution in [0.2, 0.25) is 0 Å². The maximum absolute atomic E-state index is 11.9. The Labute approximate surface area is 157 Å². The van der Waals surface area contributed by atoms with E-state index in [4.69, 9.17) is 5.73 Å². The standard InChI is InChI=1S/C21H33N3O2/c1-15(2)17-8-10-18(11-9-17)19(22)13-23-21(26)14-24-20(25)12-7-16-5-3-4-6-16/h8-11,15-16,19H,3-7,12-14,22H2,1-2H3,(H,23,26)(H,24,25). The lowest BCUT2D eigenvalue weighted by Gasteiger charge is -2.15. The third kappa shape index (κ3) is 6.79. The molecule has 0 bridgehead atoms. The van der Waals surface area contributed by atoms with Crippen molar-refractivity contribution in [1.29, 1.82) is 0 Å². The van der Waals surface area contributed by atoms with Crippen LogP contribution in [0.1, 0.15) is 75.5 Å². The number of carbonyl (C=O) groups is 2. The molecule has 0 aliphatic heterocycles. The molecular formula is C21H33N3O2. The lowest BCUT2D eigenvalue weighted by molar-refractivity contribution is -0.126. The van der Waals surface area contributed by atoms with Gasteiger partial charge >= 0.3 is 0 Å². The van der Waals surface area contributed by atoms with Gasteiger partial charge in [-0.05, 0) is 29.4 Å². The van der Waals surface area contributed by atoms with Crippen molar-refractivity contribution in [2.24, 2.45) is 11.7 Å². The third-order valence-corrected chi connectivity index (χ3v) is 5.25. The second-order valence-corrected chi connectivity index (χ2v) is 7.70. The average molecular weight is 360 g/mol. The summed E-state index contributed by atoms with van der Waals surface area (Å²) in [6, 6.07) is 7.92. The van der Waals surface area contributed by atoms with Crippen LogP contribution in [0.3, 0.4) is 0 Å². The van der Waals surface area contributed by atoms with Crippen LogP contribution in [0, 0.1) is 5.92 Å². The zero-order valence-electron chi connectivity index (χ0n) is 16.1. The first kappa shape index (κ1) is 20.4. The predicted molar refractivity (Wildman–Crippen MR) is 105 cm³/mol. The zero-order valence-corrected chi connectivity index (χ0v) is 16.1. The molecule has 1 aromatic carbocycles. The highest BCUT2D eigenvalue weighted by Gasteiger charge is 2.16. The summed E-state index contributed by atoms with van der Waals surface area (Å²) in [6.45, 7) is 4.68. The molecule has 0 heterocycles. The molecule has 1 saturated carbocycles. The lowest BCUT2D eigenvalue weighted by Crippen LogP contribution is -2.39. The third-order valence-electron chi connectivity index (χ3n) is 5.25. The summed E-state index contributed by atoms with van der Waals surface area (Å²) in [6.07, 6.45) is 6.50. The fraction of sp³-hybridized carbons (Fsp3) is 0.619. The maximum Gasteiger partial charge on any atom is 0.239 e. The van der Waals surface area contributed by atoms with Crippen molar-refractivity contribution < 1.29 is 9.59 Å². The van der Waals surface area contributed by atoms with Gasteiger partial charge < -0.3 is 16.4 Å². The van der Waals surface area contributed by atoms with Gasteiger partial charge in [0.2, 0.25) is 11.8 Å². The number of nitrogens with two attached hydrogens (primary N) is 1. The molecule has 1 aliphatic rings. The number of amides is 2. The molecule has 0 radical (unpaired) electrons. The molecule has 1 atom stereocenters. The van der Waals surface area contributed by atoms with Gasteiger partial charge in [0.1, 0.15) is 0 Å². The molecule has 0 spiro atoms. The number of hydrogen-bond donors (Lipinski definition) is 3. The van der Waals surface area contributed by atoms with E-state index in [2.05, 4.69) is 36.6 Å². The molecule has 26 heavy (non-hydrogen) atoms. The van der Waals surface area contributed by atoms with E-state index >= 15 is 0 Å². The van der Waals surface area contributed by atoms with Crippen molar-refractivity contribution in [3.05, 3.63) is 35.4 Å². The Morgan fingerprint density at radius 1 is 1.04 bits per heavy atom. The van der Waals surface area contributed by atoms with Crippen LogP contribution in [-0.4, -0.2) is 24.9 Å². The van der Waals surface area contributed by atoms with Gasteiger partial charge in [-0.3, -0.25) is 9.59 Å². The van der Waals surface area contributed by atoms with Gasteiger partial charge in [0.15, 0.2) is 0 Å². The Balaban J connectivity index is 1.63. The quantitative estimate of drug-likeness (QED) is 0.634. The van der Waals surface area contributed by atoms with Crippen molar-refractivity contribution in [3.8, 4) is 0 Å². The van der Waals surface area contributed by atoms with Crippen LogP contribution in [0.25, 0.3) is 0 Å². The van der Waals surface area contributed by atoms with Crippen LogP contribution < -0.4 is 16.4 Å². The molecule has 0 saturated heterocycles. The van der Waals surface area contributed by atoms with Crippen LogP contribution >= 0.6 is 0 Å². The van der Waals surface area contributed by atoms with Gasteiger partial charge in [-0.25, -0.2) is 0 Å². The summed E-state index contributed by atoms with van der Waals surface area (Å²) in [4.78, 5) is 23.7. The number of carbonyl (C=O) groups excluding carboxylic acids is 2. The van der Waals surface area contributed by atoms with E-state index < -0.39 is 0 Å². The minimum atomic E-state index is -0.252. The Bertz CT molecular complexity index is 577. The van der Waals surface area contributed by atoms with Gasteiger partial charge in [0.25, 0.3) is 0 Å². The molecule has 5 heteroatoms. The summed E-state index contributed by atoms with van der Waals surface area (Å²) in [5.74, 6) is 0.931. The Morgan fingerprint density at radius 3 is 2.27 bits per heavy atom. The van der Waals surface area contributed by atoms with Crippen molar-refractivity contribution in [2.45, 2.75) is 64.3 Å². The second kappa shape index (κ2) is 10.3. The van der Waals surface area contributed by atoms with Gasteiger partial charge in [-0.15, -0.1) is 0 Å². The van der Waals surface area contributed by atoms with Crippen molar-refractivity contribution in [3.63, 3.8) is 0 Å². The highest BCUT2D eigenvalue weighted by molar-refractivity contribution is 5.84. The minimum absolute atomic E-state index is 0.0164. The molecule has 2 rings (SSSR count). The monoisotopic (exact) mass is 359 g/mol. The first-order valence-corrected chi connectivity index (χ1v) is 9.84. The van der Waals surface area contributed by atoms with E-state index in [1.165, 1.54) is 31.2 Å². The Kier molecular flexibility index (Phi) is 8.10. The smallest absolute Gasteiger partial charge is 0.239 e. The topological polar surface area (TPSA) is 84.2 Å². The number of hydrogen-bond acceptors (Lipinski definition) is 3.